The Kier molecular flexibility index (Phi) is 6.34. The van der Waals surface area contributed by atoms with E-state index in [1.165, 1.54) is 36.3 Å². The molecule has 2 N–H and O–H groups in total. The summed E-state index contributed by atoms with van der Waals surface area (Å²) < 4.78 is 14.1. The number of aromatic nitrogens is 3. The monoisotopic (exact) mass is 458 g/mol. The number of H-pyrrole nitrogens is 1. The second-order valence-electron chi connectivity index (χ2n) is 9.08. The van der Waals surface area contributed by atoms with Crippen molar-refractivity contribution in [3.05, 3.63) is 71.7 Å². The van der Waals surface area contributed by atoms with Gasteiger partial charge in [-0.15, -0.1) is 0 Å². The number of rotatable bonds is 7. The lowest BCUT2D eigenvalue weighted by atomic mass is 10.1. The smallest absolute Gasteiger partial charge is 0.229 e. The number of halogens is 1. The summed E-state index contributed by atoms with van der Waals surface area (Å²) in [5.41, 5.74) is 3.74. The molecule has 0 atom stereocenters. The molecule has 0 amide bonds. The number of nitrogens with one attached hydrogen (secondary N) is 2. The standard InChI is InChI=1S/C27H31FN6/c1-19-10-11-21(16-23(19)28)30-25-17-26(34-13-6-3-7-14-34)32-27(31-25)33(2)15-12-20-18-29-24-9-5-4-8-22(20)24/h4-5,8-11,16-18,29H,3,6-7,12-15H2,1-2H3,(H,30,31,32). The fourth-order valence-electron chi connectivity index (χ4n) is 4.49. The lowest BCUT2D eigenvalue weighted by molar-refractivity contribution is 0.573. The fraction of sp³-hybridized carbons (Fsp3) is 0.333. The van der Waals surface area contributed by atoms with Crippen molar-refractivity contribution in [1.82, 2.24) is 15.0 Å². The molecule has 0 spiro atoms. The van der Waals surface area contributed by atoms with Gasteiger partial charge in [0.05, 0.1) is 0 Å². The molecule has 0 unspecified atom stereocenters. The van der Waals surface area contributed by atoms with E-state index in [-0.39, 0.29) is 5.82 Å². The van der Waals surface area contributed by atoms with Crippen LogP contribution in [0.5, 0.6) is 0 Å². The van der Waals surface area contributed by atoms with Gasteiger partial charge < -0.3 is 20.1 Å². The van der Waals surface area contributed by atoms with Crippen LogP contribution in [0.3, 0.4) is 0 Å². The molecule has 2 aromatic heterocycles. The third-order valence-corrected chi connectivity index (χ3v) is 6.56. The van der Waals surface area contributed by atoms with E-state index >= 15 is 0 Å². The Morgan fingerprint density at radius 3 is 2.71 bits per heavy atom. The lowest BCUT2D eigenvalue weighted by Crippen LogP contribution is -2.31. The summed E-state index contributed by atoms with van der Waals surface area (Å²) in [7, 11) is 2.03. The largest absolute Gasteiger partial charge is 0.361 e. The number of fused-ring (bicyclic) bond motifs is 1. The van der Waals surface area contributed by atoms with Gasteiger partial charge in [-0.2, -0.15) is 9.97 Å². The summed E-state index contributed by atoms with van der Waals surface area (Å²) in [5, 5.41) is 4.54. The number of hydrogen-bond donors (Lipinski definition) is 2. The van der Waals surface area contributed by atoms with Gasteiger partial charge in [0.2, 0.25) is 5.95 Å². The van der Waals surface area contributed by atoms with Crippen LogP contribution in [0.1, 0.15) is 30.4 Å². The molecule has 0 bridgehead atoms. The van der Waals surface area contributed by atoms with Crippen LogP contribution in [0.2, 0.25) is 0 Å². The van der Waals surface area contributed by atoms with Crippen LogP contribution < -0.4 is 15.1 Å². The van der Waals surface area contributed by atoms with Crippen LogP contribution in [-0.4, -0.2) is 41.6 Å². The molecule has 0 saturated carbocycles. The zero-order valence-corrected chi connectivity index (χ0v) is 19.8. The van der Waals surface area contributed by atoms with E-state index in [0.29, 0.717) is 23.0 Å². The number of para-hydroxylation sites is 1. The summed E-state index contributed by atoms with van der Waals surface area (Å²) in [6.45, 7) is 4.53. The van der Waals surface area contributed by atoms with E-state index < -0.39 is 0 Å². The van der Waals surface area contributed by atoms with Crippen molar-refractivity contribution in [3.8, 4) is 0 Å². The number of nitrogens with zero attached hydrogens (tertiary/aromatic N) is 4. The van der Waals surface area contributed by atoms with E-state index in [1.54, 1.807) is 13.0 Å². The van der Waals surface area contributed by atoms with Crippen molar-refractivity contribution in [2.45, 2.75) is 32.6 Å². The van der Waals surface area contributed by atoms with Crippen LogP contribution in [0.25, 0.3) is 10.9 Å². The molecule has 1 saturated heterocycles. The van der Waals surface area contributed by atoms with E-state index in [0.717, 1.165) is 37.4 Å². The third-order valence-electron chi connectivity index (χ3n) is 6.56. The van der Waals surface area contributed by atoms with Gasteiger partial charge in [0, 0.05) is 55.5 Å². The molecule has 5 rings (SSSR count). The number of likely N-dealkylation sites (N-methyl/N-ethyl adjacent to an activating group) is 1. The van der Waals surface area contributed by atoms with Crippen LogP contribution in [0.4, 0.5) is 27.7 Å². The van der Waals surface area contributed by atoms with Gasteiger partial charge in [-0.05, 0) is 61.9 Å². The van der Waals surface area contributed by atoms with E-state index in [4.69, 9.17) is 9.97 Å². The fourth-order valence-corrected chi connectivity index (χ4v) is 4.49. The lowest BCUT2D eigenvalue weighted by Gasteiger charge is -2.29. The number of anilines is 4. The minimum Gasteiger partial charge on any atom is -0.361 e. The number of hydrogen-bond acceptors (Lipinski definition) is 5. The van der Waals surface area contributed by atoms with Gasteiger partial charge in [0.1, 0.15) is 17.5 Å². The maximum atomic E-state index is 14.1. The second-order valence-corrected chi connectivity index (χ2v) is 9.08. The second kappa shape index (κ2) is 9.71. The minimum absolute atomic E-state index is 0.230. The molecule has 34 heavy (non-hydrogen) atoms. The van der Waals surface area contributed by atoms with Gasteiger partial charge in [0.25, 0.3) is 0 Å². The summed E-state index contributed by atoms with van der Waals surface area (Å²) in [5.74, 6) is 2.02. The summed E-state index contributed by atoms with van der Waals surface area (Å²) in [6, 6.07) is 15.5. The van der Waals surface area contributed by atoms with Gasteiger partial charge in [0.15, 0.2) is 0 Å². The molecule has 0 aliphatic carbocycles. The zero-order chi connectivity index (χ0) is 23.5. The molecule has 7 heteroatoms. The molecule has 1 aliphatic rings. The van der Waals surface area contributed by atoms with Crippen molar-refractivity contribution in [3.63, 3.8) is 0 Å². The molecular formula is C27H31FN6. The number of benzene rings is 2. The third kappa shape index (κ3) is 4.83. The Bertz CT molecular complexity index is 1280. The van der Waals surface area contributed by atoms with Crippen LogP contribution >= 0.6 is 0 Å². The molecule has 1 fully saturated rings. The van der Waals surface area contributed by atoms with Crippen LogP contribution in [0, 0.1) is 12.7 Å². The molecule has 3 heterocycles. The van der Waals surface area contributed by atoms with Gasteiger partial charge in [-0.1, -0.05) is 24.3 Å². The van der Waals surface area contributed by atoms with Crippen molar-refractivity contribution >= 4 is 34.2 Å². The predicted octanol–water partition coefficient (Wildman–Crippen LogP) is 5.82. The number of aromatic amines is 1. The molecule has 0 radical (unpaired) electrons. The highest BCUT2D eigenvalue weighted by Gasteiger charge is 2.17. The Labute approximate surface area is 199 Å². The molecule has 6 nitrogen and oxygen atoms in total. The zero-order valence-electron chi connectivity index (χ0n) is 19.8. The highest BCUT2D eigenvalue weighted by Crippen LogP contribution is 2.26. The van der Waals surface area contributed by atoms with Gasteiger partial charge >= 0.3 is 0 Å². The Balaban J connectivity index is 1.39. The molecule has 4 aromatic rings. The van der Waals surface area contributed by atoms with Crippen LogP contribution in [0.15, 0.2) is 54.7 Å². The minimum atomic E-state index is -0.230. The first-order chi connectivity index (χ1) is 16.6. The first kappa shape index (κ1) is 22.2. The summed E-state index contributed by atoms with van der Waals surface area (Å²) in [6.07, 6.45) is 6.56. The molecule has 1 aliphatic heterocycles. The van der Waals surface area contributed by atoms with Crippen molar-refractivity contribution in [2.24, 2.45) is 0 Å². The van der Waals surface area contributed by atoms with Crippen molar-refractivity contribution < 1.29 is 4.39 Å². The highest BCUT2D eigenvalue weighted by molar-refractivity contribution is 5.83. The maximum absolute atomic E-state index is 14.1. The van der Waals surface area contributed by atoms with Gasteiger partial charge in [-0.3, -0.25) is 0 Å². The quantitative estimate of drug-likeness (QED) is 0.366. The molecule has 176 valence electrons. The predicted molar refractivity (Wildman–Crippen MR) is 138 cm³/mol. The Morgan fingerprint density at radius 1 is 1.06 bits per heavy atom. The number of aryl methyl sites for hydroxylation is 1. The first-order valence-electron chi connectivity index (χ1n) is 12.0. The Morgan fingerprint density at radius 2 is 1.88 bits per heavy atom. The average molecular weight is 459 g/mol. The van der Waals surface area contributed by atoms with Crippen molar-refractivity contribution in [2.75, 3.05) is 41.8 Å². The topological polar surface area (TPSA) is 60.1 Å². The summed E-state index contributed by atoms with van der Waals surface area (Å²) >= 11 is 0. The van der Waals surface area contributed by atoms with E-state index in [9.17, 15) is 4.39 Å². The average Bonchev–Trinajstić information content (AvgIpc) is 3.28. The van der Waals surface area contributed by atoms with E-state index in [2.05, 4.69) is 44.5 Å². The van der Waals surface area contributed by atoms with Gasteiger partial charge in [-0.25, -0.2) is 4.39 Å². The van der Waals surface area contributed by atoms with Crippen LogP contribution in [-0.2, 0) is 6.42 Å². The number of piperidine rings is 1. The normalized spacial score (nSPS) is 13.9. The SMILES string of the molecule is Cc1ccc(Nc2cc(N3CCCCC3)nc(N(C)CCc3c[nH]c4ccccc34)n2)cc1F. The molecular weight excluding hydrogens is 427 g/mol. The highest BCUT2D eigenvalue weighted by atomic mass is 19.1. The molecule has 2 aromatic carbocycles. The Hall–Kier alpha value is -3.61. The summed E-state index contributed by atoms with van der Waals surface area (Å²) in [4.78, 5) is 17.5. The van der Waals surface area contributed by atoms with Crippen molar-refractivity contribution in [1.29, 1.82) is 0 Å². The first-order valence-corrected chi connectivity index (χ1v) is 12.0. The maximum Gasteiger partial charge on any atom is 0.229 e. The van der Waals surface area contributed by atoms with E-state index in [1.807, 2.05) is 25.2 Å².